The van der Waals surface area contributed by atoms with Crippen LogP contribution in [0.1, 0.15) is 143 Å². The van der Waals surface area contributed by atoms with Gasteiger partial charge in [0.05, 0.1) is 23.3 Å². The van der Waals surface area contributed by atoms with E-state index in [9.17, 15) is 0 Å². The van der Waals surface area contributed by atoms with Crippen molar-refractivity contribution in [3.05, 3.63) is 57.0 Å². The van der Waals surface area contributed by atoms with Crippen LogP contribution in [0.5, 0.6) is 0 Å². The number of rotatable bonds is 0. The second kappa shape index (κ2) is 12.7. The van der Waals surface area contributed by atoms with Crippen LogP contribution in [-0.4, -0.2) is 35.4 Å². The van der Waals surface area contributed by atoms with E-state index in [1.807, 2.05) is 20.8 Å². The topological polar surface area (TPSA) is 110 Å². The molecule has 0 saturated carbocycles. The van der Waals surface area contributed by atoms with E-state index in [2.05, 4.69) is 4.85 Å². The van der Waals surface area contributed by atoms with Crippen molar-refractivity contribution in [2.75, 3.05) is 0 Å². The van der Waals surface area contributed by atoms with Gasteiger partial charge in [-0.25, -0.2) is 16.5 Å². The van der Waals surface area contributed by atoms with E-state index >= 15 is 0 Å². The van der Waals surface area contributed by atoms with E-state index in [0.717, 1.165) is 149 Å². The molecule has 0 atom stereocenters. The normalized spacial score (nSPS) is 18.5. The van der Waals surface area contributed by atoms with E-state index in [1.165, 1.54) is 44.5 Å². The average molecular weight is 668 g/mol. The molecule has 0 N–H and O–H groups in total. The largest absolute Gasteiger partial charge is 2.00 e. The molecule has 0 radical (unpaired) electrons. The van der Waals surface area contributed by atoms with Crippen LogP contribution in [0.2, 0.25) is 0 Å². The summed E-state index contributed by atoms with van der Waals surface area (Å²) in [6.45, 7) is 12.1. The van der Waals surface area contributed by atoms with Crippen molar-refractivity contribution >= 4 is 44.9 Å². The SMILES string of the molecule is C1CCC2=C(C1)c1nc2nc2[n-]c(nc3nc(nc4[n-]c(n1)c1c4CCCC1)C1=C3CCCC1)c1c2CCCC1.[C-]#[N+]C(C)(C)C.[Fe+2]. The van der Waals surface area contributed by atoms with Crippen LogP contribution in [0.3, 0.4) is 0 Å². The van der Waals surface area contributed by atoms with Crippen molar-refractivity contribution in [3.63, 3.8) is 0 Å². The first-order chi connectivity index (χ1) is 22.4. The summed E-state index contributed by atoms with van der Waals surface area (Å²) in [5.41, 5.74) is 13.0. The van der Waals surface area contributed by atoms with E-state index in [0.29, 0.717) is 0 Å². The van der Waals surface area contributed by atoms with Crippen LogP contribution in [0.15, 0.2) is 0 Å². The molecular weight excluding hydrogens is 626 g/mol. The van der Waals surface area contributed by atoms with Gasteiger partial charge in [-0.3, -0.25) is 0 Å². The fourth-order valence-electron chi connectivity index (χ4n) is 7.68. The van der Waals surface area contributed by atoms with Crippen LogP contribution in [0, 0.1) is 6.57 Å². The zero-order valence-electron chi connectivity index (χ0n) is 27.7. The molecular formula is C37H41FeN9. The minimum Gasteiger partial charge on any atom is -0.358 e. The van der Waals surface area contributed by atoms with Gasteiger partial charge in [0.25, 0.3) is 0 Å². The molecule has 0 unspecified atom stereocenters. The van der Waals surface area contributed by atoms with Gasteiger partial charge < -0.3 is 34.7 Å². The van der Waals surface area contributed by atoms with Gasteiger partial charge in [0, 0.05) is 43.4 Å². The maximum absolute atomic E-state index is 6.48. The third-order valence-electron chi connectivity index (χ3n) is 10.1. The van der Waals surface area contributed by atoms with Gasteiger partial charge in [0.1, 0.15) is 0 Å². The Morgan fingerprint density at radius 2 is 0.681 bits per heavy atom. The second-order valence-corrected chi connectivity index (χ2v) is 14.4. The summed E-state index contributed by atoms with van der Waals surface area (Å²) in [4.78, 5) is 44.2. The fraction of sp³-hybridized carbons (Fsp3) is 0.541. The van der Waals surface area contributed by atoms with Crippen LogP contribution < -0.4 is 9.97 Å². The molecule has 3 aromatic rings. The molecule has 8 bridgehead atoms. The number of nitrogens with zero attached hydrogens (tertiary/aromatic N) is 9. The molecule has 0 aromatic carbocycles. The smallest absolute Gasteiger partial charge is 0.358 e. The monoisotopic (exact) mass is 667 g/mol. The molecule has 0 saturated heterocycles. The fourth-order valence-corrected chi connectivity index (χ4v) is 7.68. The van der Waals surface area contributed by atoms with Gasteiger partial charge >= 0.3 is 17.1 Å². The first-order valence-corrected chi connectivity index (χ1v) is 17.4. The van der Waals surface area contributed by atoms with Crippen molar-refractivity contribution in [2.24, 2.45) is 0 Å². The summed E-state index contributed by atoms with van der Waals surface area (Å²) in [7, 11) is 0. The maximum Gasteiger partial charge on any atom is 2.00 e. The van der Waals surface area contributed by atoms with Gasteiger partial charge in [-0.15, -0.1) is 0 Å². The number of aryl methyl sites for hydroxylation is 4. The predicted molar refractivity (Wildman–Crippen MR) is 180 cm³/mol. The molecule has 4 aliphatic carbocycles. The molecule has 10 heteroatoms. The second-order valence-electron chi connectivity index (χ2n) is 14.4. The van der Waals surface area contributed by atoms with Gasteiger partial charge in [-0.05, 0) is 147 Å². The standard InChI is InChI=1S/C32H32N8.C5H9N.Fe/c1-2-10-18-17(9-1)25-33-26(18)38-28-21-13-5-6-14-22(21)30(35-28)40-32-24-16-8-7-15-23(24)31(36-32)39-29-20-12-4-3-11-19(20)27(34-29)37-25;1-5(2,3)6-4;/h1-16H2;1-3H3;/q-2;;+2. The van der Waals surface area contributed by atoms with Crippen molar-refractivity contribution in [1.82, 2.24) is 39.9 Å². The average Bonchev–Trinajstić information content (AvgIpc) is 3.80. The van der Waals surface area contributed by atoms with E-state index < -0.39 is 0 Å². The minimum atomic E-state index is -0.167. The number of fused-ring (bicyclic) bond motifs is 18. The van der Waals surface area contributed by atoms with E-state index in [4.69, 9.17) is 46.4 Å². The molecule has 0 fully saturated rings. The summed E-state index contributed by atoms with van der Waals surface area (Å²) >= 11 is 0. The molecule has 47 heavy (non-hydrogen) atoms. The molecule has 0 spiro atoms. The quantitative estimate of drug-likeness (QED) is 0.178. The van der Waals surface area contributed by atoms with E-state index in [1.54, 1.807) is 0 Å². The first kappa shape index (κ1) is 31.9. The Morgan fingerprint density at radius 1 is 0.447 bits per heavy atom. The van der Waals surface area contributed by atoms with Crippen molar-refractivity contribution in [1.29, 1.82) is 0 Å². The van der Waals surface area contributed by atoms with Crippen molar-refractivity contribution in [2.45, 2.75) is 129 Å². The van der Waals surface area contributed by atoms with Crippen molar-refractivity contribution in [3.8, 4) is 0 Å². The minimum absolute atomic E-state index is 0. The Labute approximate surface area is 287 Å². The summed E-state index contributed by atoms with van der Waals surface area (Å²) in [5.74, 6) is 3.20. The van der Waals surface area contributed by atoms with Crippen LogP contribution in [0.4, 0.5) is 0 Å². The summed E-state index contributed by atoms with van der Waals surface area (Å²) < 4.78 is 0. The molecule has 5 heterocycles. The Morgan fingerprint density at radius 3 is 0.915 bits per heavy atom. The predicted octanol–water partition coefficient (Wildman–Crippen LogP) is 7.58. The van der Waals surface area contributed by atoms with Crippen LogP contribution >= 0.6 is 0 Å². The van der Waals surface area contributed by atoms with Gasteiger partial charge in [0.15, 0.2) is 0 Å². The van der Waals surface area contributed by atoms with Crippen LogP contribution in [-0.2, 0) is 42.8 Å². The molecule has 6 aliphatic rings. The maximum atomic E-state index is 6.48. The zero-order valence-corrected chi connectivity index (χ0v) is 28.8. The first-order valence-electron chi connectivity index (χ1n) is 17.4. The summed E-state index contributed by atoms with van der Waals surface area (Å²) in [6.07, 6.45) is 17.3. The molecule has 9 nitrogen and oxygen atoms in total. The van der Waals surface area contributed by atoms with Gasteiger partial charge in [0.2, 0.25) is 5.54 Å². The third kappa shape index (κ3) is 5.98. The number of hydrogen-bond acceptors (Lipinski definition) is 6. The number of hydrogen-bond donors (Lipinski definition) is 0. The zero-order chi connectivity index (χ0) is 31.4. The number of aromatic nitrogens is 8. The Kier molecular flexibility index (Phi) is 8.65. The van der Waals surface area contributed by atoms with E-state index in [-0.39, 0.29) is 22.6 Å². The molecule has 9 rings (SSSR count). The number of allylic oxidation sites excluding steroid dienone is 4. The third-order valence-corrected chi connectivity index (χ3v) is 10.1. The summed E-state index contributed by atoms with van der Waals surface area (Å²) in [5, 5.41) is 0. The Hall–Kier alpha value is -3.67. The molecule has 0 amide bonds. The van der Waals surface area contributed by atoms with Gasteiger partial charge in [-0.2, -0.15) is 0 Å². The molecule has 242 valence electrons. The molecule has 3 aromatic heterocycles. The molecule has 2 aliphatic heterocycles. The Balaban J connectivity index is 0.000000462. The Bertz CT molecular complexity index is 1760. The van der Waals surface area contributed by atoms with Gasteiger partial charge in [-0.1, -0.05) is 0 Å². The van der Waals surface area contributed by atoms with Crippen LogP contribution in [0.25, 0.3) is 49.7 Å². The van der Waals surface area contributed by atoms with Crippen molar-refractivity contribution < 1.29 is 17.1 Å². The summed E-state index contributed by atoms with van der Waals surface area (Å²) in [6, 6.07) is 0.